The molecular weight excluding hydrogens is 196 g/mol. The zero-order valence-electron chi connectivity index (χ0n) is 10.00. The molecule has 2 heteroatoms. The van der Waals surface area contributed by atoms with E-state index < -0.39 is 0 Å². The summed E-state index contributed by atoms with van der Waals surface area (Å²) in [5.41, 5.74) is 2.55. The Morgan fingerprint density at radius 1 is 1.12 bits per heavy atom. The SMILES string of the molecule is CCc1ccc(NC2=NCCCCC2)cc1. The molecule has 0 spiro atoms. The number of anilines is 1. The first-order chi connectivity index (χ1) is 7.88. The minimum atomic E-state index is 0.982. The number of aliphatic imine (C=N–C) groups is 1. The molecule has 1 aromatic carbocycles. The largest absolute Gasteiger partial charge is 0.344 e. The van der Waals surface area contributed by atoms with Crippen molar-refractivity contribution >= 4 is 11.5 Å². The maximum Gasteiger partial charge on any atom is 0.101 e. The standard InChI is InChI=1S/C14H20N2/c1-2-12-7-9-13(10-8-12)16-14-6-4-3-5-11-15-14/h7-10H,2-6,11H2,1H3,(H,15,16). The second kappa shape index (κ2) is 5.69. The second-order valence-corrected chi connectivity index (χ2v) is 4.31. The summed E-state index contributed by atoms with van der Waals surface area (Å²) in [7, 11) is 0. The summed E-state index contributed by atoms with van der Waals surface area (Å²) < 4.78 is 0. The van der Waals surface area contributed by atoms with Crippen molar-refractivity contribution in [2.75, 3.05) is 11.9 Å². The minimum Gasteiger partial charge on any atom is -0.344 e. The molecular formula is C14H20N2. The van der Waals surface area contributed by atoms with Crippen LogP contribution in [-0.4, -0.2) is 12.4 Å². The average Bonchev–Trinajstić information content (AvgIpc) is 2.59. The molecule has 2 rings (SSSR count). The van der Waals surface area contributed by atoms with Gasteiger partial charge in [0.15, 0.2) is 0 Å². The van der Waals surface area contributed by atoms with Crippen molar-refractivity contribution in [3.63, 3.8) is 0 Å². The van der Waals surface area contributed by atoms with Gasteiger partial charge in [0.05, 0.1) is 0 Å². The van der Waals surface area contributed by atoms with E-state index in [1.807, 2.05) is 0 Å². The van der Waals surface area contributed by atoms with E-state index in [2.05, 4.69) is 41.5 Å². The number of nitrogens with one attached hydrogen (secondary N) is 1. The molecule has 0 aromatic heterocycles. The molecule has 1 N–H and O–H groups in total. The Hall–Kier alpha value is -1.31. The normalized spacial score (nSPS) is 16.4. The van der Waals surface area contributed by atoms with Crippen molar-refractivity contribution in [1.29, 1.82) is 0 Å². The summed E-state index contributed by atoms with van der Waals surface area (Å²) in [6.45, 7) is 3.16. The van der Waals surface area contributed by atoms with Gasteiger partial charge in [0.1, 0.15) is 5.84 Å². The lowest BCUT2D eigenvalue weighted by molar-refractivity contribution is 0.731. The van der Waals surface area contributed by atoms with Crippen LogP contribution >= 0.6 is 0 Å². The van der Waals surface area contributed by atoms with E-state index in [1.54, 1.807) is 0 Å². The predicted octanol–water partition coefficient (Wildman–Crippen LogP) is 3.63. The average molecular weight is 216 g/mol. The van der Waals surface area contributed by atoms with Gasteiger partial charge in [-0.15, -0.1) is 0 Å². The molecule has 0 aliphatic carbocycles. The van der Waals surface area contributed by atoms with Crippen molar-refractivity contribution in [1.82, 2.24) is 0 Å². The van der Waals surface area contributed by atoms with Crippen LogP contribution in [0.15, 0.2) is 29.3 Å². The Bertz CT molecular complexity index is 352. The van der Waals surface area contributed by atoms with Crippen LogP contribution in [0.4, 0.5) is 5.69 Å². The summed E-state index contributed by atoms with van der Waals surface area (Å²) in [6.07, 6.45) is 6.00. The van der Waals surface area contributed by atoms with Crippen LogP contribution in [0.1, 0.15) is 38.2 Å². The van der Waals surface area contributed by atoms with Crippen molar-refractivity contribution in [3.05, 3.63) is 29.8 Å². The highest BCUT2D eigenvalue weighted by Gasteiger charge is 2.04. The molecule has 0 atom stereocenters. The van der Waals surface area contributed by atoms with Gasteiger partial charge in [-0.1, -0.05) is 25.5 Å². The first-order valence-corrected chi connectivity index (χ1v) is 6.28. The van der Waals surface area contributed by atoms with Crippen molar-refractivity contribution in [2.45, 2.75) is 39.0 Å². The monoisotopic (exact) mass is 216 g/mol. The second-order valence-electron chi connectivity index (χ2n) is 4.31. The maximum absolute atomic E-state index is 4.57. The highest BCUT2D eigenvalue weighted by Crippen LogP contribution is 2.13. The van der Waals surface area contributed by atoms with Crippen LogP contribution < -0.4 is 5.32 Å². The molecule has 0 saturated heterocycles. The third kappa shape index (κ3) is 3.09. The smallest absolute Gasteiger partial charge is 0.101 e. The van der Waals surface area contributed by atoms with Gasteiger partial charge < -0.3 is 5.32 Å². The van der Waals surface area contributed by atoms with E-state index >= 15 is 0 Å². The first kappa shape index (κ1) is 11.2. The van der Waals surface area contributed by atoms with Gasteiger partial charge in [-0.05, 0) is 37.0 Å². The third-order valence-electron chi connectivity index (χ3n) is 3.03. The maximum atomic E-state index is 4.57. The van der Waals surface area contributed by atoms with Crippen molar-refractivity contribution < 1.29 is 0 Å². The number of nitrogens with zero attached hydrogens (tertiary/aromatic N) is 1. The quantitative estimate of drug-likeness (QED) is 0.802. The fourth-order valence-corrected chi connectivity index (χ4v) is 1.97. The van der Waals surface area contributed by atoms with E-state index in [-0.39, 0.29) is 0 Å². The third-order valence-corrected chi connectivity index (χ3v) is 3.03. The molecule has 0 radical (unpaired) electrons. The van der Waals surface area contributed by atoms with E-state index in [4.69, 9.17) is 0 Å². The van der Waals surface area contributed by atoms with E-state index in [9.17, 15) is 0 Å². The fourth-order valence-electron chi connectivity index (χ4n) is 1.97. The van der Waals surface area contributed by atoms with Crippen LogP contribution in [0.3, 0.4) is 0 Å². The Labute approximate surface area is 97.8 Å². The van der Waals surface area contributed by atoms with Gasteiger partial charge in [-0.25, -0.2) is 0 Å². The first-order valence-electron chi connectivity index (χ1n) is 6.28. The lowest BCUT2D eigenvalue weighted by atomic mass is 10.1. The minimum absolute atomic E-state index is 0.982. The fraction of sp³-hybridized carbons (Fsp3) is 0.500. The number of hydrogen-bond acceptors (Lipinski definition) is 2. The Morgan fingerprint density at radius 3 is 2.69 bits per heavy atom. The van der Waals surface area contributed by atoms with Gasteiger partial charge >= 0.3 is 0 Å². The number of amidine groups is 1. The van der Waals surface area contributed by atoms with Gasteiger partial charge in [0.25, 0.3) is 0 Å². The van der Waals surface area contributed by atoms with Crippen LogP contribution in [0.25, 0.3) is 0 Å². The molecule has 1 aromatic rings. The molecule has 86 valence electrons. The zero-order valence-corrected chi connectivity index (χ0v) is 10.00. The van der Waals surface area contributed by atoms with Gasteiger partial charge in [0, 0.05) is 18.7 Å². The summed E-state index contributed by atoms with van der Waals surface area (Å²) >= 11 is 0. The number of benzene rings is 1. The molecule has 0 amide bonds. The lowest BCUT2D eigenvalue weighted by Crippen LogP contribution is -2.11. The predicted molar refractivity (Wildman–Crippen MR) is 70.2 cm³/mol. The van der Waals surface area contributed by atoms with E-state index in [0.29, 0.717) is 0 Å². The molecule has 16 heavy (non-hydrogen) atoms. The Morgan fingerprint density at radius 2 is 1.94 bits per heavy atom. The van der Waals surface area contributed by atoms with Crippen LogP contribution in [0.5, 0.6) is 0 Å². The van der Waals surface area contributed by atoms with Gasteiger partial charge in [-0.2, -0.15) is 0 Å². The molecule has 1 aliphatic rings. The van der Waals surface area contributed by atoms with Gasteiger partial charge in [0.2, 0.25) is 0 Å². The van der Waals surface area contributed by atoms with E-state index in [0.717, 1.165) is 30.9 Å². The Balaban J connectivity index is 1.99. The summed E-state index contributed by atoms with van der Waals surface area (Å²) in [5.74, 6) is 1.15. The number of aryl methyl sites for hydroxylation is 1. The lowest BCUT2D eigenvalue weighted by Gasteiger charge is -2.08. The molecule has 0 saturated carbocycles. The molecule has 1 aliphatic heterocycles. The number of rotatable bonds is 2. The molecule has 1 heterocycles. The van der Waals surface area contributed by atoms with E-state index in [1.165, 1.54) is 24.8 Å². The summed E-state index contributed by atoms with van der Waals surface area (Å²) in [6, 6.07) is 8.65. The van der Waals surface area contributed by atoms with Gasteiger partial charge in [-0.3, -0.25) is 4.99 Å². The highest BCUT2D eigenvalue weighted by molar-refractivity contribution is 5.95. The van der Waals surface area contributed by atoms with Crippen LogP contribution in [0, 0.1) is 0 Å². The molecule has 2 nitrogen and oxygen atoms in total. The zero-order chi connectivity index (χ0) is 11.2. The summed E-state index contributed by atoms with van der Waals surface area (Å²) in [4.78, 5) is 4.57. The topological polar surface area (TPSA) is 24.4 Å². The van der Waals surface area contributed by atoms with Crippen molar-refractivity contribution in [2.24, 2.45) is 4.99 Å². The molecule has 0 fully saturated rings. The molecule has 0 bridgehead atoms. The highest BCUT2D eigenvalue weighted by atomic mass is 15.0. The van der Waals surface area contributed by atoms with Crippen LogP contribution in [-0.2, 0) is 6.42 Å². The summed E-state index contributed by atoms with van der Waals surface area (Å²) in [5, 5.41) is 3.42. The van der Waals surface area contributed by atoms with Crippen LogP contribution in [0.2, 0.25) is 0 Å². The number of hydrogen-bond donors (Lipinski definition) is 1. The van der Waals surface area contributed by atoms with Crippen molar-refractivity contribution in [3.8, 4) is 0 Å². The molecule has 0 unspecified atom stereocenters. The Kier molecular flexibility index (Phi) is 3.97.